The Kier molecular flexibility index (Phi) is 14.9. The SMILES string of the molecule is CCCC/C=C\CCCCCCCC(=O)OC[C@H](O)CO. The van der Waals surface area contributed by atoms with E-state index in [9.17, 15) is 4.79 Å². The number of carbonyl (C=O) groups excluding carboxylic acids is 1. The molecular formula is C17H32O4. The summed E-state index contributed by atoms with van der Waals surface area (Å²) in [6.07, 6.45) is 14.3. The van der Waals surface area contributed by atoms with Crippen molar-refractivity contribution in [1.82, 2.24) is 0 Å². The van der Waals surface area contributed by atoms with Gasteiger partial charge in [-0.1, -0.05) is 51.2 Å². The molecule has 0 rings (SSSR count). The lowest BCUT2D eigenvalue weighted by atomic mass is 10.1. The Bertz CT molecular complexity index is 264. The Labute approximate surface area is 129 Å². The molecule has 0 aliphatic rings. The number of carbonyl (C=O) groups is 1. The number of aliphatic hydroxyl groups is 2. The van der Waals surface area contributed by atoms with Crippen LogP contribution in [0.4, 0.5) is 0 Å². The summed E-state index contributed by atoms with van der Waals surface area (Å²) in [6, 6.07) is 0. The molecule has 0 saturated heterocycles. The van der Waals surface area contributed by atoms with Gasteiger partial charge in [-0.3, -0.25) is 4.79 Å². The molecule has 0 aromatic carbocycles. The molecule has 4 heteroatoms. The molecule has 0 saturated carbocycles. The van der Waals surface area contributed by atoms with Crippen LogP contribution in [0.25, 0.3) is 0 Å². The molecule has 0 fully saturated rings. The molecule has 0 aromatic rings. The average Bonchev–Trinajstić information content (AvgIpc) is 2.50. The van der Waals surface area contributed by atoms with Gasteiger partial charge >= 0.3 is 5.97 Å². The lowest BCUT2D eigenvalue weighted by Gasteiger charge is -2.08. The van der Waals surface area contributed by atoms with Crippen molar-refractivity contribution in [3.63, 3.8) is 0 Å². The van der Waals surface area contributed by atoms with Gasteiger partial charge in [0.1, 0.15) is 12.7 Å². The highest BCUT2D eigenvalue weighted by Gasteiger charge is 2.07. The second kappa shape index (κ2) is 15.5. The van der Waals surface area contributed by atoms with Gasteiger partial charge in [-0.05, 0) is 25.7 Å². The van der Waals surface area contributed by atoms with Crippen LogP contribution >= 0.6 is 0 Å². The van der Waals surface area contributed by atoms with E-state index in [1.54, 1.807) is 0 Å². The normalized spacial score (nSPS) is 12.7. The predicted molar refractivity (Wildman–Crippen MR) is 85.0 cm³/mol. The van der Waals surface area contributed by atoms with Gasteiger partial charge in [0.25, 0.3) is 0 Å². The smallest absolute Gasteiger partial charge is 0.305 e. The molecule has 0 radical (unpaired) electrons. The molecule has 0 amide bonds. The van der Waals surface area contributed by atoms with E-state index in [0.717, 1.165) is 25.7 Å². The highest BCUT2D eigenvalue weighted by Crippen LogP contribution is 2.08. The third-order valence-corrected chi connectivity index (χ3v) is 3.29. The summed E-state index contributed by atoms with van der Waals surface area (Å²) >= 11 is 0. The van der Waals surface area contributed by atoms with Crippen LogP contribution in [0.1, 0.15) is 71.1 Å². The molecule has 21 heavy (non-hydrogen) atoms. The molecule has 124 valence electrons. The summed E-state index contributed by atoms with van der Waals surface area (Å²) < 4.78 is 4.83. The number of rotatable bonds is 14. The molecular weight excluding hydrogens is 268 g/mol. The van der Waals surface area contributed by atoms with E-state index in [-0.39, 0.29) is 19.2 Å². The van der Waals surface area contributed by atoms with E-state index in [2.05, 4.69) is 19.1 Å². The number of allylic oxidation sites excluding steroid dienone is 2. The zero-order chi connectivity index (χ0) is 15.8. The highest BCUT2D eigenvalue weighted by atomic mass is 16.5. The van der Waals surface area contributed by atoms with E-state index in [1.807, 2.05) is 0 Å². The number of unbranched alkanes of at least 4 members (excludes halogenated alkanes) is 7. The van der Waals surface area contributed by atoms with Gasteiger partial charge < -0.3 is 14.9 Å². The van der Waals surface area contributed by atoms with Gasteiger partial charge in [-0.2, -0.15) is 0 Å². The summed E-state index contributed by atoms with van der Waals surface area (Å²) in [5.41, 5.74) is 0. The van der Waals surface area contributed by atoms with Crippen LogP contribution in [-0.2, 0) is 9.53 Å². The Hall–Kier alpha value is -0.870. The Morgan fingerprint density at radius 1 is 1.05 bits per heavy atom. The number of ether oxygens (including phenoxy) is 1. The third-order valence-electron chi connectivity index (χ3n) is 3.29. The Morgan fingerprint density at radius 3 is 2.33 bits per heavy atom. The van der Waals surface area contributed by atoms with Crippen molar-refractivity contribution in [2.24, 2.45) is 0 Å². The predicted octanol–water partition coefficient (Wildman–Crippen LogP) is 3.36. The fraction of sp³-hybridized carbons (Fsp3) is 0.824. The average molecular weight is 300 g/mol. The van der Waals surface area contributed by atoms with Crippen LogP contribution in [0.15, 0.2) is 12.2 Å². The zero-order valence-corrected chi connectivity index (χ0v) is 13.4. The lowest BCUT2D eigenvalue weighted by Crippen LogP contribution is -2.21. The first-order valence-corrected chi connectivity index (χ1v) is 8.30. The minimum Gasteiger partial charge on any atom is -0.463 e. The van der Waals surface area contributed by atoms with Crippen molar-refractivity contribution in [2.45, 2.75) is 77.2 Å². The zero-order valence-electron chi connectivity index (χ0n) is 13.4. The summed E-state index contributed by atoms with van der Waals surface area (Å²) in [7, 11) is 0. The van der Waals surface area contributed by atoms with Crippen LogP contribution < -0.4 is 0 Å². The minimum absolute atomic E-state index is 0.111. The minimum atomic E-state index is -0.959. The first-order valence-electron chi connectivity index (χ1n) is 8.30. The maximum absolute atomic E-state index is 11.3. The van der Waals surface area contributed by atoms with Crippen molar-refractivity contribution in [2.75, 3.05) is 13.2 Å². The third kappa shape index (κ3) is 15.3. The second-order valence-electron chi connectivity index (χ2n) is 5.44. The number of hydrogen-bond donors (Lipinski definition) is 2. The number of aliphatic hydroxyl groups excluding tert-OH is 2. The molecule has 2 N–H and O–H groups in total. The standard InChI is InChI=1S/C17H32O4/c1-2-3-4-5-6-7-8-9-10-11-12-13-17(20)21-15-16(19)14-18/h5-6,16,18-19H,2-4,7-15H2,1H3/b6-5-/t16-/m1/s1. The van der Waals surface area contributed by atoms with Crippen LogP contribution in [-0.4, -0.2) is 35.5 Å². The van der Waals surface area contributed by atoms with Crippen molar-refractivity contribution >= 4 is 5.97 Å². The first kappa shape index (κ1) is 20.1. The fourth-order valence-electron chi connectivity index (χ4n) is 1.93. The second-order valence-corrected chi connectivity index (χ2v) is 5.44. The maximum Gasteiger partial charge on any atom is 0.305 e. The summed E-state index contributed by atoms with van der Waals surface area (Å²) in [6.45, 7) is 1.72. The summed E-state index contributed by atoms with van der Waals surface area (Å²) in [4.78, 5) is 11.3. The van der Waals surface area contributed by atoms with Crippen molar-refractivity contribution < 1.29 is 19.7 Å². The van der Waals surface area contributed by atoms with Crippen molar-refractivity contribution in [1.29, 1.82) is 0 Å². The summed E-state index contributed by atoms with van der Waals surface area (Å²) in [5, 5.41) is 17.6. The van der Waals surface area contributed by atoms with Crippen LogP contribution in [0.2, 0.25) is 0 Å². The number of hydrogen-bond acceptors (Lipinski definition) is 4. The topological polar surface area (TPSA) is 66.8 Å². The van der Waals surface area contributed by atoms with Crippen molar-refractivity contribution in [3.05, 3.63) is 12.2 Å². The van der Waals surface area contributed by atoms with E-state index >= 15 is 0 Å². The van der Waals surface area contributed by atoms with E-state index in [0.29, 0.717) is 6.42 Å². The molecule has 0 bridgehead atoms. The number of esters is 1. The molecule has 0 aliphatic carbocycles. The molecule has 0 heterocycles. The quantitative estimate of drug-likeness (QED) is 0.293. The van der Waals surface area contributed by atoms with Gasteiger partial charge in [0.15, 0.2) is 0 Å². The molecule has 0 aromatic heterocycles. The van der Waals surface area contributed by atoms with Crippen LogP contribution in [0.3, 0.4) is 0 Å². The van der Waals surface area contributed by atoms with Gasteiger partial charge in [0.2, 0.25) is 0 Å². The largest absolute Gasteiger partial charge is 0.463 e. The Balaban J connectivity index is 3.24. The van der Waals surface area contributed by atoms with Crippen molar-refractivity contribution in [3.8, 4) is 0 Å². The first-order chi connectivity index (χ1) is 10.2. The van der Waals surface area contributed by atoms with Crippen LogP contribution in [0.5, 0.6) is 0 Å². The van der Waals surface area contributed by atoms with Gasteiger partial charge in [-0.25, -0.2) is 0 Å². The van der Waals surface area contributed by atoms with E-state index in [4.69, 9.17) is 14.9 Å². The van der Waals surface area contributed by atoms with E-state index in [1.165, 1.54) is 32.1 Å². The fourth-order valence-corrected chi connectivity index (χ4v) is 1.93. The Morgan fingerprint density at radius 2 is 1.67 bits per heavy atom. The molecule has 0 spiro atoms. The highest BCUT2D eigenvalue weighted by molar-refractivity contribution is 5.69. The monoisotopic (exact) mass is 300 g/mol. The lowest BCUT2D eigenvalue weighted by molar-refractivity contribution is -0.147. The van der Waals surface area contributed by atoms with Crippen LogP contribution in [0, 0.1) is 0 Å². The van der Waals surface area contributed by atoms with Gasteiger partial charge in [-0.15, -0.1) is 0 Å². The molecule has 4 nitrogen and oxygen atoms in total. The van der Waals surface area contributed by atoms with Gasteiger partial charge in [0, 0.05) is 6.42 Å². The maximum atomic E-state index is 11.3. The summed E-state index contributed by atoms with van der Waals surface area (Å²) in [5.74, 6) is -0.290. The molecule has 0 unspecified atom stereocenters. The van der Waals surface area contributed by atoms with Gasteiger partial charge in [0.05, 0.1) is 6.61 Å². The molecule has 0 aliphatic heterocycles. The molecule has 1 atom stereocenters. The van der Waals surface area contributed by atoms with E-state index < -0.39 is 6.10 Å².